The van der Waals surface area contributed by atoms with Crippen molar-refractivity contribution < 1.29 is 9.66 Å². The minimum Gasteiger partial charge on any atom is -0.379 e. The molecule has 0 atom stereocenters. The summed E-state index contributed by atoms with van der Waals surface area (Å²) in [6.45, 7) is 3.45. The average Bonchev–Trinajstić information content (AvgIpc) is 2.39. The molecular weight excluding hydrogens is 234 g/mol. The van der Waals surface area contributed by atoms with E-state index >= 15 is 0 Å². The van der Waals surface area contributed by atoms with Crippen LogP contribution in [0.1, 0.15) is 11.1 Å². The van der Waals surface area contributed by atoms with Crippen LogP contribution >= 0.6 is 0 Å². The normalized spacial score (nSPS) is 16.2. The Kier molecular flexibility index (Phi) is 3.87. The molecule has 6 heteroatoms. The second kappa shape index (κ2) is 5.58. The number of nitriles is 1. The third-order valence-corrected chi connectivity index (χ3v) is 2.93. The highest BCUT2D eigenvalue weighted by molar-refractivity contribution is 5.53. The molecule has 0 unspecified atom stereocenters. The van der Waals surface area contributed by atoms with Crippen molar-refractivity contribution in [2.24, 2.45) is 0 Å². The first-order valence-electron chi connectivity index (χ1n) is 5.69. The van der Waals surface area contributed by atoms with E-state index in [-0.39, 0.29) is 11.3 Å². The molecule has 0 bridgehead atoms. The van der Waals surface area contributed by atoms with Crippen LogP contribution in [0.25, 0.3) is 0 Å². The van der Waals surface area contributed by atoms with Gasteiger partial charge in [0.1, 0.15) is 11.6 Å². The van der Waals surface area contributed by atoms with Gasteiger partial charge in [0.2, 0.25) is 0 Å². The summed E-state index contributed by atoms with van der Waals surface area (Å²) in [5.41, 5.74) is 0.742. The predicted molar refractivity (Wildman–Crippen MR) is 63.9 cm³/mol. The first-order valence-corrected chi connectivity index (χ1v) is 5.69. The monoisotopic (exact) mass is 247 g/mol. The number of nitrogens with zero attached hydrogens (tertiary/aromatic N) is 3. The molecule has 0 spiro atoms. The molecule has 2 rings (SSSR count). The zero-order valence-corrected chi connectivity index (χ0v) is 9.83. The van der Waals surface area contributed by atoms with Gasteiger partial charge in [-0.05, 0) is 5.56 Å². The molecule has 6 nitrogen and oxygen atoms in total. The first kappa shape index (κ1) is 12.5. The van der Waals surface area contributed by atoms with Gasteiger partial charge in [0, 0.05) is 25.7 Å². The largest absolute Gasteiger partial charge is 0.379 e. The summed E-state index contributed by atoms with van der Waals surface area (Å²) in [6.07, 6.45) is 0. The van der Waals surface area contributed by atoms with E-state index in [0.717, 1.165) is 13.1 Å². The molecule has 0 saturated carbocycles. The minimum absolute atomic E-state index is 0.122. The van der Waals surface area contributed by atoms with Crippen molar-refractivity contribution in [3.8, 4) is 6.07 Å². The fraction of sp³-hybridized carbons (Fsp3) is 0.417. The second-order valence-electron chi connectivity index (χ2n) is 4.07. The summed E-state index contributed by atoms with van der Waals surface area (Å²) in [5, 5.41) is 19.9. The summed E-state index contributed by atoms with van der Waals surface area (Å²) in [4.78, 5) is 12.5. The summed E-state index contributed by atoms with van der Waals surface area (Å²) in [7, 11) is 0. The lowest BCUT2D eigenvalue weighted by molar-refractivity contribution is -0.385. The standard InChI is InChI=1S/C12H13N3O3/c13-8-11-10(2-1-3-12(11)15(16)17)9-14-4-6-18-7-5-14/h1-3H,4-7,9H2. The van der Waals surface area contributed by atoms with E-state index in [1.54, 1.807) is 12.1 Å². The molecular formula is C12H13N3O3. The summed E-state index contributed by atoms with van der Waals surface area (Å²) in [6, 6.07) is 6.68. The number of nitro groups is 1. The van der Waals surface area contributed by atoms with E-state index in [4.69, 9.17) is 10.00 Å². The van der Waals surface area contributed by atoms with E-state index < -0.39 is 4.92 Å². The molecule has 0 radical (unpaired) electrons. The van der Waals surface area contributed by atoms with Crippen LogP contribution in [0.2, 0.25) is 0 Å². The van der Waals surface area contributed by atoms with Crippen molar-refractivity contribution in [2.45, 2.75) is 6.54 Å². The third kappa shape index (κ3) is 2.64. The molecule has 1 saturated heterocycles. The van der Waals surface area contributed by atoms with Gasteiger partial charge in [-0.1, -0.05) is 12.1 Å². The molecule has 94 valence electrons. The summed E-state index contributed by atoms with van der Waals surface area (Å²) < 4.78 is 5.24. The van der Waals surface area contributed by atoms with Crippen LogP contribution in [0, 0.1) is 21.4 Å². The van der Waals surface area contributed by atoms with E-state index in [1.165, 1.54) is 6.07 Å². The van der Waals surface area contributed by atoms with Gasteiger partial charge in [-0.2, -0.15) is 5.26 Å². The molecule has 1 heterocycles. The zero-order valence-electron chi connectivity index (χ0n) is 9.83. The Morgan fingerprint density at radius 3 is 2.78 bits per heavy atom. The molecule has 1 fully saturated rings. The molecule has 1 aromatic rings. The minimum atomic E-state index is -0.513. The van der Waals surface area contributed by atoms with Gasteiger partial charge in [-0.15, -0.1) is 0 Å². The van der Waals surface area contributed by atoms with Crippen LogP contribution in [0.15, 0.2) is 18.2 Å². The predicted octanol–water partition coefficient (Wildman–Crippen LogP) is 1.30. The Balaban J connectivity index is 2.24. The highest BCUT2D eigenvalue weighted by Gasteiger charge is 2.19. The number of hydrogen-bond acceptors (Lipinski definition) is 5. The number of ether oxygens (including phenoxy) is 1. The van der Waals surface area contributed by atoms with Gasteiger partial charge >= 0.3 is 0 Å². The van der Waals surface area contributed by atoms with E-state index in [1.807, 2.05) is 6.07 Å². The van der Waals surface area contributed by atoms with Crippen molar-refractivity contribution in [3.05, 3.63) is 39.4 Å². The average molecular weight is 247 g/mol. The van der Waals surface area contributed by atoms with Gasteiger partial charge in [0.05, 0.1) is 18.1 Å². The quantitative estimate of drug-likeness (QED) is 0.594. The van der Waals surface area contributed by atoms with Gasteiger partial charge in [0.15, 0.2) is 0 Å². The molecule has 0 aliphatic carbocycles. The van der Waals surface area contributed by atoms with Crippen LogP contribution in [0.5, 0.6) is 0 Å². The van der Waals surface area contributed by atoms with Gasteiger partial charge in [-0.25, -0.2) is 0 Å². The highest BCUT2D eigenvalue weighted by Crippen LogP contribution is 2.22. The Morgan fingerprint density at radius 1 is 1.44 bits per heavy atom. The SMILES string of the molecule is N#Cc1c(CN2CCOCC2)cccc1[N+](=O)[O-]. The number of rotatable bonds is 3. The van der Waals surface area contributed by atoms with Crippen molar-refractivity contribution in [2.75, 3.05) is 26.3 Å². The summed E-state index contributed by atoms with van der Waals surface area (Å²) in [5.74, 6) is 0. The number of hydrogen-bond donors (Lipinski definition) is 0. The third-order valence-electron chi connectivity index (χ3n) is 2.93. The van der Waals surface area contributed by atoms with Crippen molar-refractivity contribution in [3.63, 3.8) is 0 Å². The Bertz CT molecular complexity index is 490. The topological polar surface area (TPSA) is 79.4 Å². The van der Waals surface area contributed by atoms with Gasteiger partial charge in [0.25, 0.3) is 5.69 Å². The first-order chi connectivity index (χ1) is 8.72. The second-order valence-corrected chi connectivity index (χ2v) is 4.07. The molecule has 0 amide bonds. The molecule has 1 aliphatic rings. The molecule has 1 aliphatic heterocycles. The van der Waals surface area contributed by atoms with Gasteiger partial charge in [-0.3, -0.25) is 15.0 Å². The maximum atomic E-state index is 10.8. The van der Waals surface area contributed by atoms with E-state index in [2.05, 4.69) is 4.90 Å². The molecule has 18 heavy (non-hydrogen) atoms. The Labute approximate surface area is 105 Å². The smallest absolute Gasteiger partial charge is 0.287 e. The fourth-order valence-electron chi connectivity index (χ4n) is 2.00. The molecule has 0 aromatic heterocycles. The molecule has 1 aromatic carbocycles. The van der Waals surface area contributed by atoms with E-state index in [9.17, 15) is 10.1 Å². The lowest BCUT2D eigenvalue weighted by Crippen LogP contribution is -2.35. The lowest BCUT2D eigenvalue weighted by Gasteiger charge is -2.26. The fourth-order valence-corrected chi connectivity index (χ4v) is 2.00. The maximum Gasteiger partial charge on any atom is 0.287 e. The van der Waals surface area contributed by atoms with Crippen molar-refractivity contribution >= 4 is 5.69 Å². The zero-order chi connectivity index (χ0) is 13.0. The molecule has 0 N–H and O–H groups in total. The summed E-state index contributed by atoms with van der Waals surface area (Å²) >= 11 is 0. The lowest BCUT2D eigenvalue weighted by atomic mass is 10.1. The van der Waals surface area contributed by atoms with Gasteiger partial charge < -0.3 is 4.74 Å². The van der Waals surface area contributed by atoms with Crippen LogP contribution in [0.4, 0.5) is 5.69 Å². The Morgan fingerprint density at radius 2 is 2.17 bits per heavy atom. The van der Waals surface area contributed by atoms with Crippen LogP contribution in [-0.4, -0.2) is 36.1 Å². The van der Waals surface area contributed by atoms with Crippen LogP contribution < -0.4 is 0 Å². The van der Waals surface area contributed by atoms with Crippen LogP contribution in [-0.2, 0) is 11.3 Å². The van der Waals surface area contributed by atoms with Crippen molar-refractivity contribution in [1.29, 1.82) is 5.26 Å². The highest BCUT2D eigenvalue weighted by atomic mass is 16.6. The maximum absolute atomic E-state index is 10.8. The number of benzene rings is 1. The number of morpholine rings is 1. The van der Waals surface area contributed by atoms with Crippen molar-refractivity contribution in [1.82, 2.24) is 4.90 Å². The van der Waals surface area contributed by atoms with Crippen LogP contribution in [0.3, 0.4) is 0 Å². The Hall–Kier alpha value is -1.97. The number of nitro benzene ring substituents is 1. The van der Waals surface area contributed by atoms with E-state index in [0.29, 0.717) is 25.3 Å².